The van der Waals surface area contributed by atoms with Crippen LogP contribution >= 0.6 is 11.8 Å². The van der Waals surface area contributed by atoms with Crippen molar-refractivity contribution >= 4 is 23.8 Å². The highest BCUT2D eigenvalue weighted by molar-refractivity contribution is 7.99. The largest absolute Gasteiger partial charge is 0.464 e. The summed E-state index contributed by atoms with van der Waals surface area (Å²) in [5.41, 5.74) is 0.292. The molecule has 0 aliphatic rings. The lowest BCUT2D eigenvalue weighted by Crippen LogP contribution is -2.45. The lowest BCUT2D eigenvalue weighted by Gasteiger charge is -2.23. The average molecular weight is 354 g/mol. The van der Waals surface area contributed by atoms with Gasteiger partial charge in [-0.1, -0.05) is 6.07 Å². The minimum atomic E-state index is -0.768. The molecule has 0 fully saturated rings. The topological polar surface area (TPSA) is 77.5 Å². The Kier molecular flexibility index (Phi) is 8.04. The van der Waals surface area contributed by atoms with Crippen LogP contribution < -0.4 is 5.32 Å². The first-order valence-corrected chi connectivity index (χ1v) is 8.96. The van der Waals surface area contributed by atoms with E-state index in [4.69, 9.17) is 9.47 Å². The highest BCUT2D eigenvalue weighted by Crippen LogP contribution is 2.27. The maximum atomic E-state index is 12.1. The van der Waals surface area contributed by atoms with Gasteiger partial charge in [-0.3, -0.25) is 4.98 Å². The van der Waals surface area contributed by atoms with Gasteiger partial charge in [0.2, 0.25) is 0 Å². The second kappa shape index (κ2) is 9.52. The molecule has 7 heteroatoms. The molecule has 1 heterocycles. The highest BCUT2D eigenvalue weighted by Gasteiger charge is 2.26. The van der Waals surface area contributed by atoms with Crippen molar-refractivity contribution in [3.63, 3.8) is 0 Å². The van der Waals surface area contributed by atoms with Crippen LogP contribution in [0.2, 0.25) is 0 Å². The number of thioether (sulfide) groups is 1. The second-order valence-electron chi connectivity index (χ2n) is 6.18. The first-order chi connectivity index (χ1) is 11.2. The predicted octanol–water partition coefficient (Wildman–Crippen LogP) is 3.33. The summed E-state index contributed by atoms with van der Waals surface area (Å²) < 4.78 is 10.2. The first-order valence-electron chi connectivity index (χ1n) is 7.91. The number of ether oxygens (including phenoxy) is 2. The predicted molar refractivity (Wildman–Crippen MR) is 94.9 cm³/mol. The quantitative estimate of drug-likeness (QED) is 0.757. The molecule has 1 aromatic heterocycles. The zero-order chi connectivity index (χ0) is 18.2. The molecule has 0 saturated heterocycles. The molecule has 1 N–H and O–H groups in total. The number of esters is 1. The van der Waals surface area contributed by atoms with E-state index in [0.29, 0.717) is 5.75 Å². The van der Waals surface area contributed by atoms with Gasteiger partial charge in [-0.05, 0) is 46.8 Å². The minimum Gasteiger partial charge on any atom is -0.464 e. The van der Waals surface area contributed by atoms with Gasteiger partial charge in [-0.25, -0.2) is 9.59 Å². The normalized spacial score (nSPS) is 13.7. The molecule has 0 unspecified atom stereocenters. The van der Waals surface area contributed by atoms with Crippen molar-refractivity contribution in [3.05, 3.63) is 30.1 Å². The lowest BCUT2D eigenvalue weighted by atomic mass is 10.2. The number of rotatable bonds is 7. The number of carbonyl (C=O) groups is 2. The van der Waals surface area contributed by atoms with E-state index in [1.807, 2.05) is 25.1 Å². The molecule has 0 aromatic carbocycles. The molecule has 0 aliphatic carbocycles. The zero-order valence-corrected chi connectivity index (χ0v) is 15.7. The van der Waals surface area contributed by atoms with Crippen LogP contribution in [-0.4, -0.2) is 41.0 Å². The van der Waals surface area contributed by atoms with Crippen molar-refractivity contribution in [3.8, 4) is 0 Å². The van der Waals surface area contributed by atoms with E-state index in [9.17, 15) is 9.59 Å². The molecule has 0 radical (unpaired) electrons. The van der Waals surface area contributed by atoms with Crippen LogP contribution in [0.1, 0.15) is 45.6 Å². The van der Waals surface area contributed by atoms with Crippen molar-refractivity contribution in [2.24, 2.45) is 0 Å². The Labute approximate surface area is 147 Å². The van der Waals surface area contributed by atoms with E-state index in [1.165, 1.54) is 11.8 Å². The number of nitrogens with zero attached hydrogens (tertiary/aromatic N) is 1. The van der Waals surface area contributed by atoms with Gasteiger partial charge in [-0.2, -0.15) is 0 Å². The van der Waals surface area contributed by atoms with Gasteiger partial charge in [-0.15, -0.1) is 11.8 Å². The van der Waals surface area contributed by atoms with E-state index in [-0.39, 0.29) is 11.9 Å². The molecule has 0 aliphatic heterocycles. The molecule has 134 valence electrons. The Hall–Kier alpha value is -1.76. The van der Waals surface area contributed by atoms with Crippen LogP contribution in [0.25, 0.3) is 0 Å². The number of pyridine rings is 1. The molecule has 24 heavy (non-hydrogen) atoms. The summed E-state index contributed by atoms with van der Waals surface area (Å²) in [5, 5.41) is 2.67. The smallest absolute Gasteiger partial charge is 0.408 e. The monoisotopic (exact) mass is 354 g/mol. The standard InChI is InChI=1S/C17H26N2O4S/c1-6-22-15(20)14(19-16(21)23-17(3,4)5)11-24-12(2)13-9-7-8-10-18-13/h7-10,12,14H,6,11H2,1-5H3,(H,19,21)/t12-,14-/m1/s1. The van der Waals surface area contributed by atoms with Gasteiger partial charge in [0.05, 0.1) is 12.3 Å². The summed E-state index contributed by atoms with van der Waals surface area (Å²) in [7, 11) is 0. The molecule has 1 rings (SSSR count). The van der Waals surface area contributed by atoms with Gasteiger partial charge in [0.25, 0.3) is 0 Å². The van der Waals surface area contributed by atoms with Crippen molar-refractivity contribution in [2.75, 3.05) is 12.4 Å². The maximum Gasteiger partial charge on any atom is 0.408 e. The molecule has 1 aromatic rings. The lowest BCUT2D eigenvalue weighted by molar-refractivity contribution is -0.145. The van der Waals surface area contributed by atoms with Crippen LogP contribution in [-0.2, 0) is 14.3 Å². The average Bonchev–Trinajstić information content (AvgIpc) is 2.50. The number of aromatic nitrogens is 1. The first kappa shape index (κ1) is 20.3. The summed E-state index contributed by atoms with van der Waals surface area (Å²) in [6.45, 7) is 9.29. The number of alkyl carbamates (subject to hydrolysis) is 1. The summed E-state index contributed by atoms with van der Waals surface area (Å²) in [4.78, 5) is 28.3. The fraction of sp³-hybridized carbons (Fsp3) is 0.588. The summed E-state index contributed by atoms with van der Waals surface area (Å²) in [5.74, 6) is -0.0976. The Bertz CT molecular complexity index is 531. The molecular weight excluding hydrogens is 328 g/mol. The second-order valence-corrected chi connectivity index (χ2v) is 7.55. The summed E-state index contributed by atoms with van der Waals surface area (Å²) in [6.07, 6.45) is 1.10. The third-order valence-electron chi connectivity index (χ3n) is 2.88. The van der Waals surface area contributed by atoms with Crippen LogP contribution in [0.3, 0.4) is 0 Å². The minimum absolute atomic E-state index is 0.0866. The Morgan fingerprint density at radius 1 is 1.33 bits per heavy atom. The highest BCUT2D eigenvalue weighted by atomic mass is 32.2. The van der Waals surface area contributed by atoms with Gasteiger partial charge >= 0.3 is 12.1 Å². The number of hydrogen-bond donors (Lipinski definition) is 1. The van der Waals surface area contributed by atoms with Gasteiger partial charge in [0.15, 0.2) is 0 Å². The molecular formula is C17H26N2O4S. The molecule has 0 spiro atoms. The van der Waals surface area contributed by atoms with Crippen LogP contribution in [0.4, 0.5) is 4.79 Å². The molecule has 6 nitrogen and oxygen atoms in total. The van der Waals surface area contributed by atoms with Crippen molar-refractivity contribution in [1.29, 1.82) is 0 Å². The number of nitrogens with one attached hydrogen (secondary N) is 1. The number of hydrogen-bond acceptors (Lipinski definition) is 6. The summed E-state index contributed by atoms with van der Waals surface area (Å²) >= 11 is 1.52. The van der Waals surface area contributed by atoms with Crippen molar-refractivity contribution in [1.82, 2.24) is 10.3 Å². The molecule has 1 amide bonds. The van der Waals surface area contributed by atoms with Crippen LogP contribution in [0.15, 0.2) is 24.4 Å². The maximum absolute atomic E-state index is 12.1. The number of carbonyl (C=O) groups excluding carboxylic acids is 2. The van der Waals surface area contributed by atoms with Gasteiger partial charge in [0, 0.05) is 17.2 Å². The fourth-order valence-electron chi connectivity index (χ4n) is 1.80. The molecule has 2 atom stereocenters. The van der Waals surface area contributed by atoms with Crippen LogP contribution in [0.5, 0.6) is 0 Å². The number of amides is 1. The van der Waals surface area contributed by atoms with E-state index in [1.54, 1.807) is 33.9 Å². The third kappa shape index (κ3) is 7.68. The van der Waals surface area contributed by atoms with Gasteiger partial charge < -0.3 is 14.8 Å². The third-order valence-corrected chi connectivity index (χ3v) is 4.15. The SMILES string of the molecule is CCOC(=O)[C@@H](CS[C@H](C)c1ccccn1)NC(=O)OC(C)(C)C. The van der Waals surface area contributed by atoms with E-state index in [2.05, 4.69) is 10.3 Å². The van der Waals surface area contributed by atoms with E-state index in [0.717, 1.165) is 5.69 Å². The zero-order valence-electron chi connectivity index (χ0n) is 14.9. The molecule has 0 bridgehead atoms. The van der Waals surface area contributed by atoms with Crippen molar-refractivity contribution in [2.45, 2.75) is 51.5 Å². The Morgan fingerprint density at radius 2 is 2.04 bits per heavy atom. The summed E-state index contributed by atoms with van der Waals surface area (Å²) in [6, 6.07) is 4.93. The fourth-order valence-corrected chi connectivity index (χ4v) is 2.81. The molecule has 0 saturated carbocycles. The van der Waals surface area contributed by atoms with Gasteiger partial charge in [0.1, 0.15) is 11.6 Å². The van der Waals surface area contributed by atoms with Crippen molar-refractivity contribution < 1.29 is 19.1 Å². The van der Waals surface area contributed by atoms with E-state index >= 15 is 0 Å². The Balaban J connectivity index is 2.65. The Morgan fingerprint density at radius 3 is 2.58 bits per heavy atom. The van der Waals surface area contributed by atoms with Crippen LogP contribution in [0, 0.1) is 0 Å². The van der Waals surface area contributed by atoms with E-state index < -0.39 is 23.7 Å².